The molecule has 1 amide bonds. The standard InChI is InChI=1S/C23H30N2O4.C2H2O4/c1-27-20-9-7-17(8-10-20)15-24-23(26)18-11-13-25(14-12-18)16-19-5-4-6-21(28-2)22(19)29-3;3-1(4)2(5)6/h4-10,18H,11-16H2,1-3H3,(H,24,26);(H,3,4)(H,5,6). The number of nitrogens with one attached hydrogen (secondary N) is 1. The number of carboxylic acids is 2. The number of carbonyl (C=O) groups is 3. The minimum atomic E-state index is -1.82. The molecule has 1 fully saturated rings. The predicted octanol–water partition coefficient (Wildman–Crippen LogP) is 2.40. The van der Waals surface area contributed by atoms with Gasteiger partial charge in [-0.25, -0.2) is 9.59 Å². The minimum Gasteiger partial charge on any atom is -0.497 e. The summed E-state index contributed by atoms with van der Waals surface area (Å²) in [7, 11) is 4.96. The van der Waals surface area contributed by atoms with Crippen molar-refractivity contribution < 1.29 is 38.8 Å². The number of likely N-dealkylation sites (tertiary alicyclic amines) is 1. The zero-order valence-electron chi connectivity index (χ0n) is 20.2. The minimum absolute atomic E-state index is 0.0664. The second-order valence-corrected chi connectivity index (χ2v) is 7.88. The molecule has 0 saturated carbocycles. The van der Waals surface area contributed by atoms with Crippen molar-refractivity contribution in [1.29, 1.82) is 0 Å². The van der Waals surface area contributed by atoms with Gasteiger partial charge >= 0.3 is 11.9 Å². The Kier molecular flexibility index (Phi) is 10.8. The van der Waals surface area contributed by atoms with Gasteiger partial charge in [0.2, 0.25) is 5.91 Å². The SMILES string of the molecule is COc1ccc(CNC(=O)C2CCN(Cc3cccc(OC)c3OC)CC2)cc1.O=C(O)C(=O)O. The lowest BCUT2D eigenvalue weighted by atomic mass is 9.95. The molecule has 0 aromatic heterocycles. The van der Waals surface area contributed by atoms with Crippen LogP contribution in [0.25, 0.3) is 0 Å². The molecule has 2 aromatic rings. The van der Waals surface area contributed by atoms with Gasteiger partial charge in [0.1, 0.15) is 5.75 Å². The van der Waals surface area contributed by atoms with Crippen LogP contribution in [-0.2, 0) is 27.5 Å². The Balaban J connectivity index is 0.000000641. The van der Waals surface area contributed by atoms with Gasteiger partial charge in [0.25, 0.3) is 0 Å². The van der Waals surface area contributed by atoms with Crippen LogP contribution in [0.2, 0.25) is 0 Å². The van der Waals surface area contributed by atoms with E-state index in [1.165, 1.54) is 0 Å². The van der Waals surface area contributed by atoms with E-state index in [9.17, 15) is 4.79 Å². The lowest BCUT2D eigenvalue weighted by Crippen LogP contribution is -2.40. The number of methoxy groups -OCH3 is 3. The first-order chi connectivity index (χ1) is 16.8. The molecular weight excluding hydrogens is 456 g/mol. The maximum Gasteiger partial charge on any atom is 0.414 e. The zero-order chi connectivity index (χ0) is 25.8. The Labute approximate surface area is 204 Å². The largest absolute Gasteiger partial charge is 0.497 e. The molecule has 1 heterocycles. The molecule has 3 rings (SSSR count). The third kappa shape index (κ3) is 8.49. The highest BCUT2D eigenvalue weighted by molar-refractivity contribution is 6.27. The van der Waals surface area contributed by atoms with Crippen molar-refractivity contribution in [2.24, 2.45) is 5.92 Å². The molecule has 190 valence electrons. The highest BCUT2D eigenvalue weighted by Gasteiger charge is 2.25. The molecule has 1 saturated heterocycles. The molecule has 0 aliphatic carbocycles. The maximum absolute atomic E-state index is 12.6. The number of ether oxygens (including phenoxy) is 3. The molecule has 0 atom stereocenters. The second-order valence-electron chi connectivity index (χ2n) is 7.88. The van der Waals surface area contributed by atoms with E-state index in [1.54, 1.807) is 21.3 Å². The Morgan fingerprint density at radius 1 is 0.914 bits per heavy atom. The Bertz CT molecular complexity index is 973. The van der Waals surface area contributed by atoms with Crippen LogP contribution in [0.5, 0.6) is 17.2 Å². The summed E-state index contributed by atoms with van der Waals surface area (Å²) in [4.78, 5) is 33.1. The lowest BCUT2D eigenvalue weighted by molar-refractivity contribution is -0.159. The number of hydrogen-bond donors (Lipinski definition) is 3. The number of benzene rings is 2. The summed E-state index contributed by atoms with van der Waals surface area (Å²) < 4.78 is 16.1. The average Bonchev–Trinajstić information content (AvgIpc) is 2.88. The van der Waals surface area contributed by atoms with Crippen LogP contribution in [0.15, 0.2) is 42.5 Å². The van der Waals surface area contributed by atoms with Crippen LogP contribution in [0.4, 0.5) is 0 Å². The molecular formula is C25H32N2O8. The summed E-state index contributed by atoms with van der Waals surface area (Å²) in [5, 5.41) is 17.9. The van der Waals surface area contributed by atoms with Gasteiger partial charge in [0.15, 0.2) is 11.5 Å². The Hall–Kier alpha value is -3.79. The predicted molar refractivity (Wildman–Crippen MR) is 128 cm³/mol. The quantitative estimate of drug-likeness (QED) is 0.479. The number of carbonyl (C=O) groups excluding carboxylic acids is 1. The van der Waals surface area contributed by atoms with Gasteiger partial charge in [-0.15, -0.1) is 0 Å². The summed E-state index contributed by atoms with van der Waals surface area (Å²) in [6.07, 6.45) is 1.72. The highest BCUT2D eigenvalue weighted by atomic mass is 16.5. The Morgan fingerprint density at radius 2 is 1.54 bits per heavy atom. The van der Waals surface area contributed by atoms with Crippen LogP contribution in [0.1, 0.15) is 24.0 Å². The second kappa shape index (κ2) is 13.8. The smallest absolute Gasteiger partial charge is 0.414 e. The van der Waals surface area contributed by atoms with Crippen molar-refractivity contribution in [3.8, 4) is 17.2 Å². The van der Waals surface area contributed by atoms with E-state index in [0.29, 0.717) is 6.54 Å². The molecule has 35 heavy (non-hydrogen) atoms. The van der Waals surface area contributed by atoms with Crippen molar-refractivity contribution in [2.75, 3.05) is 34.4 Å². The summed E-state index contributed by atoms with van der Waals surface area (Å²) in [6.45, 7) is 3.12. The molecule has 1 aliphatic heterocycles. The van der Waals surface area contributed by atoms with Crippen LogP contribution < -0.4 is 19.5 Å². The molecule has 10 heteroatoms. The maximum atomic E-state index is 12.6. The fourth-order valence-corrected chi connectivity index (χ4v) is 3.75. The topological polar surface area (TPSA) is 135 Å². The number of aliphatic carboxylic acids is 2. The van der Waals surface area contributed by atoms with Crippen molar-refractivity contribution >= 4 is 17.8 Å². The van der Waals surface area contributed by atoms with Gasteiger partial charge < -0.3 is 29.7 Å². The summed E-state index contributed by atoms with van der Waals surface area (Å²) in [5.74, 6) is -1.09. The molecule has 3 N–H and O–H groups in total. The molecule has 2 aromatic carbocycles. The fourth-order valence-electron chi connectivity index (χ4n) is 3.75. The number of rotatable bonds is 8. The van der Waals surface area contributed by atoms with Crippen LogP contribution in [0.3, 0.4) is 0 Å². The van der Waals surface area contributed by atoms with E-state index in [-0.39, 0.29) is 11.8 Å². The van der Waals surface area contributed by atoms with E-state index in [4.69, 9.17) is 34.0 Å². The van der Waals surface area contributed by atoms with Gasteiger partial charge in [-0.05, 0) is 49.7 Å². The fraction of sp³-hybridized carbons (Fsp3) is 0.400. The lowest BCUT2D eigenvalue weighted by Gasteiger charge is -2.31. The van der Waals surface area contributed by atoms with Crippen molar-refractivity contribution in [3.05, 3.63) is 53.6 Å². The van der Waals surface area contributed by atoms with Crippen LogP contribution >= 0.6 is 0 Å². The normalized spacial score (nSPS) is 13.7. The average molecular weight is 489 g/mol. The van der Waals surface area contributed by atoms with Crippen molar-refractivity contribution in [2.45, 2.75) is 25.9 Å². The summed E-state index contributed by atoms with van der Waals surface area (Å²) in [6, 6.07) is 13.7. The van der Waals surface area contributed by atoms with E-state index < -0.39 is 11.9 Å². The molecule has 10 nitrogen and oxygen atoms in total. The van der Waals surface area contributed by atoms with E-state index in [0.717, 1.165) is 60.9 Å². The highest BCUT2D eigenvalue weighted by Crippen LogP contribution is 2.32. The van der Waals surface area contributed by atoms with Crippen LogP contribution in [-0.4, -0.2) is 67.4 Å². The van der Waals surface area contributed by atoms with Gasteiger partial charge in [-0.2, -0.15) is 0 Å². The molecule has 0 radical (unpaired) electrons. The number of para-hydroxylation sites is 1. The number of piperidine rings is 1. The number of hydrogen-bond acceptors (Lipinski definition) is 7. The third-order valence-electron chi connectivity index (χ3n) is 5.65. The molecule has 0 bridgehead atoms. The summed E-state index contributed by atoms with van der Waals surface area (Å²) in [5.41, 5.74) is 2.18. The first-order valence-corrected chi connectivity index (χ1v) is 11.1. The number of carboxylic acid groups (broad SMARTS) is 2. The van der Waals surface area contributed by atoms with E-state index in [2.05, 4.69) is 16.3 Å². The van der Waals surface area contributed by atoms with Gasteiger partial charge in [0.05, 0.1) is 21.3 Å². The van der Waals surface area contributed by atoms with Gasteiger partial charge in [-0.1, -0.05) is 24.3 Å². The molecule has 1 aliphatic rings. The molecule has 0 spiro atoms. The van der Waals surface area contributed by atoms with Gasteiger partial charge in [0, 0.05) is 24.6 Å². The third-order valence-corrected chi connectivity index (χ3v) is 5.65. The monoisotopic (exact) mass is 488 g/mol. The number of amides is 1. The van der Waals surface area contributed by atoms with Crippen LogP contribution in [0, 0.1) is 5.92 Å². The first-order valence-electron chi connectivity index (χ1n) is 11.1. The summed E-state index contributed by atoms with van der Waals surface area (Å²) >= 11 is 0. The van der Waals surface area contributed by atoms with E-state index in [1.807, 2.05) is 36.4 Å². The Morgan fingerprint density at radius 3 is 2.06 bits per heavy atom. The zero-order valence-corrected chi connectivity index (χ0v) is 20.2. The number of nitrogens with zero attached hydrogens (tertiary/aromatic N) is 1. The van der Waals surface area contributed by atoms with E-state index >= 15 is 0 Å². The first kappa shape index (κ1) is 27.5. The van der Waals surface area contributed by atoms with Crippen molar-refractivity contribution in [3.63, 3.8) is 0 Å². The molecule has 0 unspecified atom stereocenters. The van der Waals surface area contributed by atoms with Crippen molar-refractivity contribution in [1.82, 2.24) is 10.2 Å². The van der Waals surface area contributed by atoms with Gasteiger partial charge in [-0.3, -0.25) is 9.69 Å².